The third-order valence-corrected chi connectivity index (χ3v) is 2.77. The fourth-order valence-corrected chi connectivity index (χ4v) is 1.84. The van der Waals surface area contributed by atoms with Crippen LogP contribution in [0.15, 0.2) is 23.8 Å². The molecule has 0 N–H and O–H groups in total. The first-order valence-electron chi connectivity index (χ1n) is 5.31. The van der Waals surface area contributed by atoms with Crippen molar-refractivity contribution < 1.29 is 13.6 Å². The Bertz CT molecular complexity index is 437. The van der Waals surface area contributed by atoms with E-state index in [4.69, 9.17) is 0 Å². The Hall–Kier alpha value is -1.51. The van der Waals surface area contributed by atoms with E-state index in [0.29, 0.717) is 25.7 Å². The van der Waals surface area contributed by atoms with Gasteiger partial charge in [0, 0.05) is 18.4 Å². The summed E-state index contributed by atoms with van der Waals surface area (Å²) in [5.41, 5.74) is 1.29. The quantitative estimate of drug-likeness (QED) is 0.710. The topological polar surface area (TPSA) is 17.1 Å². The summed E-state index contributed by atoms with van der Waals surface area (Å²) in [5, 5.41) is 0. The second-order valence-corrected chi connectivity index (χ2v) is 4.01. The van der Waals surface area contributed by atoms with E-state index in [1.807, 2.05) is 0 Å². The summed E-state index contributed by atoms with van der Waals surface area (Å²) in [6, 6.07) is 3.40. The van der Waals surface area contributed by atoms with Crippen molar-refractivity contribution in [1.29, 1.82) is 0 Å². The number of benzene rings is 1. The first-order chi connectivity index (χ1) is 7.65. The van der Waals surface area contributed by atoms with Gasteiger partial charge in [-0.05, 0) is 31.0 Å². The highest BCUT2D eigenvalue weighted by Crippen LogP contribution is 2.24. The molecule has 0 amide bonds. The highest BCUT2D eigenvalue weighted by Gasteiger charge is 2.13. The molecule has 1 aromatic carbocycles. The number of hydrogen-bond donors (Lipinski definition) is 0. The standard InChI is InChI=1S/C13H12F2O/c14-11-3-6-13(15)10(8-11)7-9-1-4-12(16)5-2-9/h3,6-8H,1-2,4-5H2. The number of allylic oxidation sites excluding steroid dienone is 1. The average Bonchev–Trinajstić information content (AvgIpc) is 2.27. The maximum Gasteiger partial charge on any atom is 0.133 e. The van der Waals surface area contributed by atoms with E-state index in [1.165, 1.54) is 6.07 Å². The lowest BCUT2D eigenvalue weighted by atomic mass is 9.92. The molecule has 0 aromatic heterocycles. The number of carbonyl (C=O) groups excluding carboxylic acids is 1. The Labute approximate surface area is 92.8 Å². The summed E-state index contributed by atoms with van der Waals surface area (Å²) in [4.78, 5) is 11.0. The van der Waals surface area contributed by atoms with Crippen LogP contribution >= 0.6 is 0 Å². The van der Waals surface area contributed by atoms with Gasteiger partial charge in [-0.15, -0.1) is 0 Å². The Kier molecular flexibility index (Phi) is 3.13. The van der Waals surface area contributed by atoms with Crippen molar-refractivity contribution in [3.8, 4) is 0 Å². The lowest BCUT2D eigenvalue weighted by Crippen LogP contribution is -2.05. The monoisotopic (exact) mass is 222 g/mol. The molecule has 1 aliphatic rings. The Morgan fingerprint density at radius 1 is 1.06 bits per heavy atom. The minimum absolute atomic E-state index is 0.247. The second-order valence-electron chi connectivity index (χ2n) is 4.01. The molecular formula is C13H12F2O. The lowest BCUT2D eigenvalue weighted by molar-refractivity contribution is -0.119. The Morgan fingerprint density at radius 2 is 1.75 bits per heavy atom. The fourth-order valence-electron chi connectivity index (χ4n) is 1.84. The van der Waals surface area contributed by atoms with Gasteiger partial charge in [-0.1, -0.05) is 11.6 Å². The summed E-state index contributed by atoms with van der Waals surface area (Å²) in [6.07, 6.45) is 4.01. The van der Waals surface area contributed by atoms with E-state index in [1.54, 1.807) is 6.08 Å². The SMILES string of the molecule is O=C1CCC(=Cc2cc(F)ccc2F)CC1. The van der Waals surface area contributed by atoms with Crippen LogP contribution in [0.3, 0.4) is 0 Å². The van der Waals surface area contributed by atoms with Gasteiger partial charge in [-0.2, -0.15) is 0 Å². The highest BCUT2D eigenvalue weighted by molar-refractivity contribution is 5.80. The van der Waals surface area contributed by atoms with Crippen LogP contribution in [0.2, 0.25) is 0 Å². The predicted octanol–water partition coefficient (Wildman–Crippen LogP) is 3.49. The van der Waals surface area contributed by atoms with E-state index in [9.17, 15) is 13.6 Å². The van der Waals surface area contributed by atoms with Gasteiger partial charge in [0.2, 0.25) is 0 Å². The minimum atomic E-state index is -0.444. The Morgan fingerprint density at radius 3 is 2.44 bits per heavy atom. The largest absolute Gasteiger partial charge is 0.300 e. The molecule has 16 heavy (non-hydrogen) atoms. The number of carbonyl (C=O) groups is 1. The summed E-state index contributed by atoms with van der Waals surface area (Å²) in [5.74, 6) is -0.622. The number of rotatable bonds is 1. The smallest absolute Gasteiger partial charge is 0.133 e. The molecule has 3 heteroatoms. The molecule has 0 heterocycles. The normalized spacial score (nSPS) is 16.4. The molecule has 0 radical (unpaired) electrons. The summed E-state index contributed by atoms with van der Waals surface area (Å²) >= 11 is 0. The summed E-state index contributed by atoms with van der Waals surface area (Å²) < 4.78 is 26.2. The van der Waals surface area contributed by atoms with Crippen molar-refractivity contribution in [3.05, 3.63) is 41.0 Å². The summed E-state index contributed by atoms with van der Waals surface area (Å²) in [7, 11) is 0. The minimum Gasteiger partial charge on any atom is -0.300 e. The Balaban J connectivity index is 2.22. The molecule has 1 saturated carbocycles. The molecule has 0 spiro atoms. The lowest BCUT2D eigenvalue weighted by Gasteiger charge is -2.12. The van der Waals surface area contributed by atoms with Crippen LogP contribution < -0.4 is 0 Å². The molecule has 84 valence electrons. The van der Waals surface area contributed by atoms with Crippen LogP contribution in [-0.2, 0) is 4.79 Å². The van der Waals surface area contributed by atoms with Crippen molar-refractivity contribution in [2.75, 3.05) is 0 Å². The van der Waals surface area contributed by atoms with Crippen molar-refractivity contribution in [1.82, 2.24) is 0 Å². The van der Waals surface area contributed by atoms with Gasteiger partial charge < -0.3 is 0 Å². The number of Topliss-reactive ketones (excluding diaryl/α,β-unsaturated/α-hetero) is 1. The van der Waals surface area contributed by atoms with E-state index in [2.05, 4.69) is 0 Å². The van der Waals surface area contributed by atoms with Crippen LogP contribution in [0.4, 0.5) is 8.78 Å². The van der Waals surface area contributed by atoms with Crippen molar-refractivity contribution in [2.45, 2.75) is 25.7 Å². The van der Waals surface area contributed by atoms with Crippen molar-refractivity contribution in [2.24, 2.45) is 0 Å². The molecule has 1 aromatic rings. The van der Waals surface area contributed by atoms with Gasteiger partial charge in [0.05, 0.1) is 0 Å². The molecule has 1 nitrogen and oxygen atoms in total. The average molecular weight is 222 g/mol. The second kappa shape index (κ2) is 4.56. The highest BCUT2D eigenvalue weighted by atomic mass is 19.1. The number of ketones is 1. The van der Waals surface area contributed by atoms with Crippen LogP contribution in [0.5, 0.6) is 0 Å². The summed E-state index contributed by atoms with van der Waals surface area (Å²) in [6.45, 7) is 0. The molecule has 0 atom stereocenters. The van der Waals surface area contributed by atoms with Gasteiger partial charge >= 0.3 is 0 Å². The molecular weight excluding hydrogens is 210 g/mol. The number of halogens is 2. The predicted molar refractivity (Wildman–Crippen MR) is 57.8 cm³/mol. The maximum absolute atomic E-state index is 13.3. The molecule has 2 rings (SSSR count). The van der Waals surface area contributed by atoms with Crippen LogP contribution in [-0.4, -0.2) is 5.78 Å². The first kappa shape index (κ1) is 11.0. The molecule has 0 aliphatic heterocycles. The zero-order valence-corrected chi connectivity index (χ0v) is 8.80. The molecule has 1 aliphatic carbocycles. The molecule has 1 fully saturated rings. The van der Waals surface area contributed by atoms with Crippen molar-refractivity contribution in [3.63, 3.8) is 0 Å². The van der Waals surface area contributed by atoms with Gasteiger partial charge in [-0.25, -0.2) is 8.78 Å². The first-order valence-corrected chi connectivity index (χ1v) is 5.31. The zero-order valence-electron chi connectivity index (χ0n) is 8.80. The third-order valence-electron chi connectivity index (χ3n) is 2.77. The van der Waals surface area contributed by atoms with Crippen LogP contribution in [0.25, 0.3) is 6.08 Å². The van der Waals surface area contributed by atoms with E-state index < -0.39 is 11.6 Å². The fraction of sp³-hybridized carbons (Fsp3) is 0.308. The third kappa shape index (κ3) is 2.54. The van der Waals surface area contributed by atoms with Gasteiger partial charge in [0.25, 0.3) is 0 Å². The molecule has 0 saturated heterocycles. The number of hydrogen-bond acceptors (Lipinski definition) is 1. The van der Waals surface area contributed by atoms with E-state index in [0.717, 1.165) is 17.7 Å². The van der Waals surface area contributed by atoms with Gasteiger partial charge in [0.15, 0.2) is 0 Å². The van der Waals surface area contributed by atoms with Crippen LogP contribution in [0.1, 0.15) is 31.2 Å². The zero-order chi connectivity index (χ0) is 11.5. The van der Waals surface area contributed by atoms with E-state index in [-0.39, 0.29) is 11.3 Å². The van der Waals surface area contributed by atoms with E-state index >= 15 is 0 Å². The molecule has 0 bridgehead atoms. The van der Waals surface area contributed by atoms with Gasteiger partial charge in [0.1, 0.15) is 17.4 Å². The van der Waals surface area contributed by atoms with Crippen LogP contribution in [0, 0.1) is 11.6 Å². The molecule has 0 unspecified atom stereocenters. The van der Waals surface area contributed by atoms with Gasteiger partial charge in [-0.3, -0.25) is 4.79 Å². The van der Waals surface area contributed by atoms with Crippen molar-refractivity contribution >= 4 is 11.9 Å². The maximum atomic E-state index is 13.3.